The molecule has 29 nitrogen and oxygen atoms in total. The summed E-state index contributed by atoms with van der Waals surface area (Å²) in [6, 6.07) is 4.82. The number of Topliss-reactive ketones (excluding diaryl/α,β-unsaturated/α-hetero) is 2. The Kier molecular flexibility index (Phi) is 37.0. The number of carbonyl (C=O) groups is 5. The van der Waals surface area contributed by atoms with Crippen LogP contribution >= 0.6 is 0 Å². The van der Waals surface area contributed by atoms with Crippen molar-refractivity contribution in [1.29, 1.82) is 0 Å². The van der Waals surface area contributed by atoms with Crippen LogP contribution in [-0.4, -0.2) is 264 Å². The van der Waals surface area contributed by atoms with Crippen molar-refractivity contribution in [2.75, 3.05) is 0 Å². The lowest BCUT2D eigenvalue weighted by Crippen LogP contribution is -2.65. The SMILES string of the molecule is CCC(OC1CC(C)(O)C(OC2CCC(OC(=O)C(CC)C(OC3CCC(O)C(C)O3)c3ccc4c(c3)C(=O)C=C(C)C4=O)C(C)O2)C(C)O1)C(C)C(O)C(C)C(O)C(C)C1OC(=O)CCC(C)C(O)CC(O)CCCC(O)CCC(C)C(O)C(=O)C2(O)OC(CC(O)CC(O)CC(O)CCCC(O)/C=C/C1C)CC(O)C2O. The highest BCUT2D eigenvalue weighted by Gasteiger charge is 2.56. The maximum atomic E-state index is 14.4. The molecule has 15 N–H and O–H groups in total. The average Bonchev–Trinajstić information content (AvgIpc) is 0.777. The third-order valence-electron chi connectivity index (χ3n) is 24.6. The van der Waals surface area contributed by atoms with E-state index < -0.39 is 224 Å². The summed E-state index contributed by atoms with van der Waals surface area (Å²) in [7, 11) is 0. The summed E-state index contributed by atoms with van der Waals surface area (Å²) in [5.41, 5.74) is -0.312. The van der Waals surface area contributed by atoms with Gasteiger partial charge in [-0.3, -0.25) is 24.0 Å². The van der Waals surface area contributed by atoms with Gasteiger partial charge < -0.3 is 119 Å². The second kappa shape index (κ2) is 43.6. The van der Waals surface area contributed by atoms with Crippen LogP contribution in [0.4, 0.5) is 0 Å². The number of hydrogen-bond donors (Lipinski definition) is 15. The highest BCUT2D eigenvalue weighted by atomic mass is 16.7. The van der Waals surface area contributed by atoms with Crippen molar-refractivity contribution >= 4 is 29.3 Å². The molecule has 5 aliphatic heterocycles. The summed E-state index contributed by atoms with van der Waals surface area (Å²) in [5, 5.41) is 168. The number of ketones is 3. The van der Waals surface area contributed by atoms with Gasteiger partial charge in [-0.2, -0.15) is 0 Å². The number of rotatable bonds is 18. The van der Waals surface area contributed by atoms with Crippen LogP contribution in [0.15, 0.2) is 42.0 Å². The molecule has 4 saturated heterocycles. The molecular formula is C84H136O29. The highest BCUT2D eigenvalue weighted by molar-refractivity contribution is 6.24. The molecule has 1 aliphatic carbocycles. The largest absolute Gasteiger partial charge is 0.461 e. The Hall–Kier alpha value is -4.23. The summed E-state index contributed by atoms with van der Waals surface area (Å²) in [5.74, 6) is -11.5. The predicted octanol–water partition coefficient (Wildman–Crippen LogP) is 5.62. The third-order valence-corrected chi connectivity index (χ3v) is 24.6. The number of fused-ring (bicyclic) bond motifs is 3. The fourth-order valence-corrected chi connectivity index (χ4v) is 17.0. The maximum Gasteiger partial charge on any atom is 0.312 e. The normalized spacial score (nSPS) is 40.0. The zero-order chi connectivity index (χ0) is 83.8. The van der Waals surface area contributed by atoms with Crippen LogP contribution in [0.1, 0.15) is 264 Å². The smallest absolute Gasteiger partial charge is 0.312 e. The van der Waals surface area contributed by atoms with Gasteiger partial charge in [-0.15, -0.1) is 0 Å². The third kappa shape index (κ3) is 26.4. The lowest BCUT2D eigenvalue weighted by Gasteiger charge is -2.47. The van der Waals surface area contributed by atoms with E-state index in [-0.39, 0.29) is 132 Å². The summed E-state index contributed by atoms with van der Waals surface area (Å²) >= 11 is 0. The zero-order valence-electron chi connectivity index (χ0n) is 68.4. The van der Waals surface area contributed by atoms with Gasteiger partial charge in [-0.05, 0) is 179 Å². The molecule has 1 aromatic rings. The van der Waals surface area contributed by atoms with Gasteiger partial charge in [0, 0.05) is 72.5 Å². The van der Waals surface area contributed by atoms with Crippen LogP contribution in [0, 0.1) is 41.4 Å². The van der Waals surface area contributed by atoms with Crippen molar-refractivity contribution < 1.29 is 143 Å². The first-order valence-corrected chi connectivity index (χ1v) is 41.5. The Morgan fingerprint density at radius 1 is 0.602 bits per heavy atom. The summed E-state index contributed by atoms with van der Waals surface area (Å²) in [6.07, 6.45) is -20.2. The zero-order valence-corrected chi connectivity index (χ0v) is 68.4. The first-order valence-electron chi connectivity index (χ1n) is 41.5. The fraction of sp³-hybridized carbons (Fsp3) is 0.821. The number of esters is 2. The van der Waals surface area contributed by atoms with E-state index in [4.69, 9.17) is 42.6 Å². The topological polar surface area (TPSA) is 472 Å². The summed E-state index contributed by atoms with van der Waals surface area (Å²) < 4.78 is 56.5. The van der Waals surface area contributed by atoms with Crippen LogP contribution in [0.3, 0.4) is 0 Å². The molecule has 646 valence electrons. The van der Waals surface area contributed by atoms with E-state index in [1.54, 1.807) is 93.5 Å². The average molecular weight is 1610 g/mol. The standard InChI is InChI=1S/C84H136O29/c1-14-60(78(111-70-32-29-63(91)49(10)105-70)52-25-28-61-62(35-52)65(93)34-45(6)73(61)96)82(102)109-68-30-33-71(106-50(68)11)112-81-51(12)107-72(41-83(81,13)103)108-67(15-2)46(7)75(98)47(8)76(99)48(9)77-44(5)23-27-54(86)18-16-20-55(87)36-57(89)37-58(90)38-59-40-66(94)79(100)84(104,113-59)80(101)74(97)43(4)22-26-53(85)19-17-21-56(88)39-64(92)42(3)24-31-69(95)110-77/h23,25,27-28,34-35,42-44,46-51,53-60,63-64,66-68,70-72,74-79,81,85-92,94,97-100,103-104H,14-22,24,26,29-33,36-41H2,1-13H3/b27-23+. The van der Waals surface area contributed by atoms with Crippen molar-refractivity contribution in [2.24, 2.45) is 41.4 Å². The molecule has 2 bridgehead atoms. The van der Waals surface area contributed by atoms with E-state index in [1.807, 2.05) is 13.8 Å². The van der Waals surface area contributed by atoms with Crippen molar-refractivity contribution in [2.45, 2.75) is 396 Å². The molecule has 5 heterocycles. The fourth-order valence-electron chi connectivity index (χ4n) is 17.0. The van der Waals surface area contributed by atoms with Crippen molar-refractivity contribution in [3.05, 3.63) is 58.7 Å². The van der Waals surface area contributed by atoms with Crippen molar-refractivity contribution in [3.63, 3.8) is 0 Å². The van der Waals surface area contributed by atoms with Gasteiger partial charge >= 0.3 is 11.9 Å². The van der Waals surface area contributed by atoms with Gasteiger partial charge in [-0.25, -0.2) is 0 Å². The quantitative estimate of drug-likeness (QED) is 0.0626. The first kappa shape index (κ1) is 95.9. The van der Waals surface area contributed by atoms with Crippen LogP contribution < -0.4 is 0 Å². The van der Waals surface area contributed by atoms with E-state index in [2.05, 4.69) is 0 Å². The molecule has 1 aromatic carbocycles. The minimum absolute atomic E-state index is 0.0452. The van der Waals surface area contributed by atoms with Gasteiger partial charge in [0.15, 0.2) is 30.4 Å². The van der Waals surface area contributed by atoms with Crippen molar-refractivity contribution in [1.82, 2.24) is 0 Å². The molecule has 34 atom stereocenters. The van der Waals surface area contributed by atoms with E-state index in [0.717, 1.165) is 0 Å². The number of aliphatic hydroxyl groups excluding tert-OH is 13. The molecule has 0 spiro atoms. The summed E-state index contributed by atoms with van der Waals surface area (Å²) in [4.78, 5) is 68.2. The number of allylic oxidation sites excluding steroid dienone is 2. The Bertz CT molecular complexity index is 3220. The predicted molar refractivity (Wildman–Crippen MR) is 409 cm³/mol. The molecule has 29 heteroatoms. The van der Waals surface area contributed by atoms with E-state index in [9.17, 15) is 101 Å². The first-order chi connectivity index (χ1) is 53.1. The van der Waals surface area contributed by atoms with Crippen molar-refractivity contribution in [3.8, 4) is 0 Å². The van der Waals surface area contributed by atoms with E-state index >= 15 is 0 Å². The van der Waals surface area contributed by atoms with Crippen LogP contribution in [0.25, 0.3) is 0 Å². The second-order valence-electron chi connectivity index (χ2n) is 34.1. The molecule has 7 rings (SSSR count). The minimum Gasteiger partial charge on any atom is -0.461 e. The number of ether oxygens (including phenoxy) is 9. The number of hydrogen-bond acceptors (Lipinski definition) is 29. The molecule has 113 heavy (non-hydrogen) atoms. The lowest BCUT2D eigenvalue weighted by molar-refractivity contribution is -0.330. The van der Waals surface area contributed by atoms with Gasteiger partial charge in [0.25, 0.3) is 5.79 Å². The minimum atomic E-state index is -3.06. The Balaban J connectivity index is 0.953. The molecule has 6 aliphatic rings. The van der Waals surface area contributed by atoms with Gasteiger partial charge in [0.2, 0.25) is 5.78 Å². The van der Waals surface area contributed by atoms with Crippen LogP contribution in [-0.2, 0) is 57.0 Å². The van der Waals surface area contributed by atoms with Gasteiger partial charge in [0.05, 0.1) is 115 Å². The van der Waals surface area contributed by atoms with E-state index in [1.165, 1.54) is 19.1 Å². The molecular weight excluding hydrogens is 1470 g/mol. The molecule has 34 unspecified atom stereocenters. The molecule has 4 fully saturated rings. The highest BCUT2D eigenvalue weighted by Crippen LogP contribution is 2.42. The Morgan fingerprint density at radius 2 is 1.23 bits per heavy atom. The molecule has 0 radical (unpaired) electrons. The van der Waals surface area contributed by atoms with Crippen LogP contribution in [0.5, 0.6) is 0 Å². The van der Waals surface area contributed by atoms with E-state index in [0.29, 0.717) is 43.2 Å². The molecule has 0 amide bonds. The number of carbonyl (C=O) groups excluding carboxylic acids is 5. The maximum absolute atomic E-state index is 14.4. The van der Waals surface area contributed by atoms with Gasteiger partial charge in [-0.1, -0.05) is 73.6 Å². The lowest BCUT2D eigenvalue weighted by atomic mass is 9.78. The Morgan fingerprint density at radius 3 is 1.88 bits per heavy atom. The number of cyclic esters (lactones) is 1. The monoisotopic (exact) mass is 1610 g/mol. The van der Waals surface area contributed by atoms with Gasteiger partial charge in [0.1, 0.15) is 30.5 Å². The number of aliphatic hydroxyl groups is 15. The Labute approximate surface area is 665 Å². The summed E-state index contributed by atoms with van der Waals surface area (Å²) in [6.45, 7) is 22.2. The molecule has 0 saturated carbocycles. The van der Waals surface area contributed by atoms with Crippen LogP contribution in [0.2, 0.25) is 0 Å². The molecule has 0 aromatic heterocycles. The second-order valence-corrected chi connectivity index (χ2v) is 34.1. The number of benzene rings is 1.